The molecule has 0 aromatic heterocycles. The number of carbonyl (C=O) groups is 2. The van der Waals surface area contributed by atoms with Gasteiger partial charge in [0.2, 0.25) is 15.9 Å². The van der Waals surface area contributed by atoms with Crippen LogP contribution in [0.2, 0.25) is 0 Å². The first-order valence-electron chi connectivity index (χ1n) is 8.61. The molecule has 0 fully saturated rings. The van der Waals surface area contributed by atoms with Crippen molar-refractivity contribution < 1.29 is 22.7 Å². The van der Waals surface area contributed by atoms with Crippen molar-refractivity contribution in [2.75, 3.05) is 22.4 Å². The van der Waals surface area contributed by atoms with Gasteiger partial charge in [0.05, 0.1) is 18.5 Å². The van der Waals surface area contributed by atoms with E-state index in [-0.39, 0.29) is 24.9 Å². The third-order valence-electron chi connectivity index (χ3n) is 4.14. The van der Waals surface area contributed by atoms with Crippen LogP contribution in [-0.4, -0.2) is 39.1 Å². The lowest BCUT2D eigenvalue weighted by molar-refractivity contribution is -0.128. The summed E-state index contributed by atoms with van der Waals surface area (Å²) >= 11 is 0. The standard InChI is InChI=1S/C19H21N3O5S/c1-13(23)22-12-18(27-17-9-4-3-8-16(17)22)19(24)20-11-14-6-5-7-15(10-14)21-28(2,25)26/h3-10,18,21H,11-12H2,1-2H3,(H,20,24). The number of benzene rings is 2. The van der Waals surface area contributed by atoms with Crippen molar-refractivity contribution >= 4 is 33.2 Å². The number of ether oxygens (including phenoxy) is 1. The molecule has 2 aromatic carbocycles. The Hall–Kier alpha value is -3.07. The molecule has 28 heavy (non-hydrogen) atoms. The largest absolute Gasteiger partial charge is 0.477 e. The molecule has 1 aliphatic rings. The van der Waals surface area contributed by atoms with Gasteiger partial charge in [-0.1, -0.05) is 24.3 Å². The zero-order chi connectivity index (χ0) is 20.3. The van der Waals surface area contributed by atoms with Gasteiger partial charge in [0.25, 0.3) is 5.91 Å². The number of sulfonamides is 1. The van der Waals surface area contributed by atoms with E-state index in [1.807, 2.05) is 0 Å². The smallest absolute Gasteiger partial charge is 0.263 e. The van der Waals surface area contributed by atoms with E-state index in [0.717, 1.165) is 11.8 Å². The number of nitrogens with one attached hydrogen (secondary N) is 2. The van der Waals surface area contributed by atoms with Gasteiger partial charge in [-0.2, -0.15) is 0 Å². The summed E-state index contributed by atoms with van der Waals surface area (Å²) in [4.78, 5) is 26.0. The molecule has 1 atom stereocenters. The van der Waals surface area contributed by atoms with Crippen molar-refractivity contribution in [3.8, 4) is 5.75 Å². The highest BCUT2D eigenvalue weighted by atomic mass is 32.2. The summed E-state index contributed by atoms with van der Waals surface area (Å²) in [7, 11) is -3.38. The Morgan fingerprint density at radius 1 is 1.18 bits per heavy atom. The van der Waals surface area contributed by atoms with Crippen molar-refractivity contribution in [3.05, 3.63) is 54.1 Å². The maximum atomic E-state index is 12.6. The minimum absolute atomic E-state index is 0.119. The van der Waals surface area contributed by atoms with Gasteiger partial charge >= 0.3 is 0 Å². The first-order chi connectivity index (χ1) is 13.2. The van der Waals surface area contributed by atoms with Crippen LogP contribution in [0.3, 0.4) is 0 Å². The molecule has 2 aromatic rings. The van der Waals surface area contributed by atoms with Crippen LogP contribution in [0, 0.1) is 0 Å². The highest BCUT2D eigenvalue weighted by Gasteiger charge is 2.32. The van der Waals surface area contributed by atoms with Crippen LogP contribution in [0.5, 0.6) is 5.75 Å². The maximum Gasteiger partial charge on any atom is 0.263 e. The highest BCUT2D eigenvalue weighted by Crippen LogP contribution is 2.33. The molecule has 1 unspecified atom stereocenters. The number of hydrogen-bond acceptors (Lipinski definition) is 5. The van der Waals surface area contributed by atoms with E-state index >= 15 is 0 Å². The summed E-state index contributed by atoms with van der Waals surface area (Å²) in [5.41, 5.74) is 1.78. The lowest BCUT2D eigenvalue weighted by atomic mass is 10.1. The van der Waals surface area contributed by atoms with Gasteiger partial charge in [0.15, 0.2) is 6.10 Å². The molecule has 148 valence electrons. The number of anilines is 2. The summed E-state index contributed by atoms with van der Waals surface area (Å²) in [6.07, 6.45) is 0.233. The zero-order valence-electron chi connectivity index (χ0n) is 15.5. The van der Waals surface area contributed by atoms with Gasteiger partial charge in [0.1, 0.15) is 5.75 Å². The van der Waals surface area contributed by atoms with Crippen molar-refractivity contribution in [3.63, 3.8) is 0 Å². The van der Waals surface area contributed by atoms with Crippen LogP contribution >= 0.6 is 0 Å². The molecule has 1 aliphatic heterocycles. The van der Waals surface area contributed by atoms with Crippen molar-refractivity contribution in [2.24, 2.45) is 0 Å². The van der Waals surface area contributed by atoms with E-state index in [0.29, 0.717) is 17.1 Å². The van der Waals surface area contributed by atoms with Gasteiger partial charge in [-0.25, -0.2) is 8.42 Å². The van der Waals surface area contributed by atoms with E-state index in [1.165, 1.54) is 11.8 Å². The maximum absolute atomic E-state index is 12.6. The minimum atomic E-state index is -3.38. The average Bonchev–Trinajstić information content (AvgIpc) is 2.64. The Morgan fingerprint density at radius 2 is 1.93 bits per heavy atom. The van der Waals surface area contributed by atoms with E-state index in [2.05, 4.69) is 10.0 Å². The second kappa shape index (κ2) is 7.89. The Bertz CT molecular complexity index is 1010. The van der Waals surface area contributed by atoms with Crippen molar-refractivity contribution in [1.29, 1.82) is 0 Å². The normalized spacial score (nSPS) is 15.9. The summed E-state index contributed by atoms with van der Waals surface area (Å²) in [6, 6.07) is 13.8. The van der Waals surface area contributed by atoms with E-state index in [4.69, 9.17) is 4.74 Å². The zero-order valence-corrected chi connectivity index (χ0v) is 16.3. The average molecular weight is 403 g/mol. The molecule has 0 radical (unpaired) electrons. The lowest BCUT2D eigenvalue weighted by Crippen LogP contribution is -2.50. The van der Waals surface area contributed by atoms with E-state index in [9.17, 15) is 18.0 Å². The molecule has 1 heterocycles. The fourth-order valence-electron chi connectivity index (χ4n) is 2.93. The summed E-state index contributed by atoms with van der Waals surface area (Å²) in [5, 5.41) is 2.77. The van der Waals surface area contributed by atoms with Crippen LogP contribution < -0.4 is 19.7 Å². The van der Waals surface area contributed by atoms with E-state index < -0.39 is 16.1 Å². The number of nitrogens with zero attached hydrogens (tertiary/aromatic N) is 1. The predicted octanol–water partition coefficient (Wildman–Crippen LogP) is 1.49. The number of amides is 2. The van der Waals surface area contributed by atoms with E-state index in [1.54, 1.807) is 48.5 Å². The second-order valence-electron chi connectivity index (χ2n) is 6.50. The summed E-state index contributed by atoms with van der Waals surface area (Å²) in [5.74, 6) is -0.0567. The Morgan fingerprint density at radius 3 is 2.64 bits per heavy atom. The molecule has 0 bridgehead atoms. The van der Waals surface area contributed by atoms with Crippen LogP contribution in [0.1, 0.15) is 12.5 Å². The molecule has 0 spiro atoms. The van der Waals surface area contributed by atoms with Gasteiger partial charge in [0, 0.05) is 19.2 Å². The Labute approximate surface area is 163 Å². The molecular formula is C19H21N3O5S. The molecule has 2 N–H and O–H groups in total. The lowest BCUT2D eigenvalue weighted by Gasteiger charge is -2.33. The summed E-state index contributed by atoms with van der Waals surface area (Å²) in [6.45, 7) is 1.75. The number of carbonyl (C=O) groups excluding carboxylic acids is 2. The predicted molar refractivity (Wildman–Crippen MR) is 106 cm³/mol. The topological polar surface area (TPSA) is 105 Å². The number of hydrogen-bond donors (Lipinski definition) is 2. The fraction of sp³-hybridized carbons (Fsp3) is 0.263. The quantitative estimate of drug-likeness (QED) is 0.787. The molecule has 3 rings (SSSR count). The first-order valence-corrected chi connectivity index (χ1v) is 10.5. The molecule has 2 amide bonds. The molecule has 0 aliphatic carbocycles. The second-order valence-corrected chi connectivity index (χ2v) is 8.24. The summed E-state index contributed by atoms with van der Waals surface area (Å²) < 4.78 is 30.8. The highest BCUT2D eigenvalue weighted by molar-refractivity contribution is 7.92. The monoisotopic (exact) mass is 403 g/mol. The van der Waals surface area contributed by atoms with Crippen LogP contribution in [0.4, 0.5) is 11.4 Å². The first kappa shape index (κ1) is 19.7. The van der Waals surface area contributed by atoms with Crippen LogP contribution in [0.15, 0.2) is 48.5 Å². The fourth-order valence-corrected chi connectivity index (χ4v) is 3.49. The van der Waals surface area contributed by atoms with Gasteiger partial charge in [-0.15, -0.1) is 0 Å². The third-order valence-corrected chi connectivity index (χ3v) is 4.75. The van der Waals surface area contributed by atoms with Crippen molar-refractivity contribution in [1.82, 2.24) is 5.32 Å². The number of fused-ring (bicyclic) bond motifs is 1. The SMILES string of the molecule is CC(=O)N1CC(C(=O)NCc2cccc(NS(C)(=O)=O)c2)Oc2ccccc21. The van der Waals surface area contributed by atoms with Gasteiger partial charge in [-0.3, -0.25) is 14.3 Å². The number of para-hydroxylation sites is 2. The molecule has 9 heteroatoms. The molecule has 0 saturated heterocycles. The molecule has 0 saturated carbocycles. The van der Waals surface area contributed by atoms with Crippen LogP contribution in [0.25, 0.3) is 0 Å². The Kier molecular flexibility index (Phi) is 5.55. The van der Waals surface area contributed by atoms with Crippen molar-refractivity contribution in [2.45, 2.75) is 19.6 Å². The van der Waals surface area contributed by atoms with Gasteiger partial charge in [-0.05, 0) is 29.8 Å². The van der Waals surface area contributed by atoms with Gasteiger partial charge < -0.3 is 15.0 Å². The molecule has 8 nitrogen and oxygen atoms in total. The number of rotatable bonds is 5. The minimum Gasteiger partial charge on any atom is -0.477 e. The third kappa shape index (κ3) is 4.80. The molecular weight excluding hydrogens is 382 g/mol. The van der Waals surface area contributed by atoms with Crippen LogP contribution in [-0.2, 0) is 26.2 Å². The Balaban J connectivity index is 1.67.